The van der Waals surface area contributed by atoms with Gasteiger partial charge < -0.3 is 0 Å². The molecule has 46 heavy (non-hydrogen) atoms. The van der Waals surface area contributed by atoms with Crippen molar-refractivity contribution in [2.24, 2.45) is 11.8 Å². The number of hydrogen-bond donors (Lipinski definition) is 0. The summed E-state index contributed by atoms with van der Waals surface area (Å²) in [4.78, 5) is 60.5. The largest absolute Gasteiger partial charge is 0.276 e. The van der Waals surface area contributed by atoms with Gasteiger partial charge >= 0.3 is 0 Å². The van der Waals surface area contributed by atoms with E-state index in [0.29, 0.717) is 0 Å². The molecule has 6 atom stereocenters. The van der Waals surface area contributed by atoms with E-state index in [4.69, 9.17) is 0 Å². The molecule has 0 saturated carbocycles. The van der Waals surface area contributed by atoms with Crippen molar-refractivity contribution in [3.05, 3.63) is 143 Å². The van der Waals surface area contributed by atoms with Crippen molar-refractivity contribution in [3.63, 3.8) is 0 Å². The molecule has 0 aromatic heterocycles. The Morgan fingerprint density at radius 1 is 0.435 bits per heavy atom. The van der Waals surface area contributed by atoms with Gasteiger partial charge in [-0.25, -0.2) is 10.0 Å². The molecule has 4 aliphatic rings. The van der Waals surface area contributed by atoms with Crippen LogP contribution in [0.1, 0.15) is 45.5 Å². The molecule has 230 valence electrons. The van der Waals surface area contributed by atoms with E-state index in [2.05, 4.69) is 0 Å². The number of hydrogen-bond acceptors (Lipinski definition) is 6. The SMILES string of the molecule is Cc1ccc(C2C3C(=O)N(Cc4ccccc4)C(=O)C3N3C(c4ccc(C)cc4)C4C(=O)N(Cc5ccccc5)C(=O)C4N23)cc1. The first kappa shape index (κ1) is 28.5. The zero-order valence-electron chi connectivity index (χ0n) is 25.7. The monoisotopic (exact) mass is 610 g/mol. The molecule has 0 bridgehead atoms. The average molecular weight is 611 g/mol. The van der Waals surface area contributed by atoms with Gasteiger partial charge in [-0.05, 0) is 36.1 Å². The third kappa shape index (κ3) is 4.28. The summed E-state index contributed by atoms with van der Waals surface area (Å²) >= 11 is 0. The third-order valence-corrected chi connectivity index (χ3v) is 10.1. The van der Waals surface area contributed by atoms with Gasteiger partial charge in [-0.2, -0.15) is 0 Å². The lowest BCUT2D eigenvalue weighted by Gasteiger charge is -2.35. The van der Waals surface area contributed by atoms with E-state index in [1.165, 1.54) is 9.80 Å². The number of fused-ring (bicyclic) bond motifs is 5. The van der Waals surface area contributed by atoms with Gasteiger partial charge in [0.15, 0.2) is 0 Å². The van der Waals surface area contributed by atoms with Gasteiger partial charge in [0.25, 0.3) is 0 Å². The number of carbonyl (C=O) groups excluding carboxylic acids is 4. The normalized spacial score (nSPS) is 27.4. The maximum Gasteiger partial charge on any atom is 0.249 e. The standard InChI is InChI=1S/C38H34N4O4/c1-23-13-17-27(18-14-23)31-29-33(37(45)39(35(29)43)21-25-9-5-3-6-10-25)42-32(28-19-15-24(2)16-20-28)30-34(41(31)42)38(46)40(36(30)44)22-26-11-7-4-8-12-26/h3-20,29-34H,21-22H2,1-2H3. The van der Waals surface area contributed by atoms with Crippen molar-refractivity contribution >= 4 is 23.6 Å². The van der Waals surface area contributed by atoms with Crippen LogP contribution in [0.15, 0.2) is 109 Å². The summed E-state index contributed by atoms with van der Waals surface area (Å²) in [5.41, 5.74) is 5.54. The first-order chi connectivity index (χ1) is 22.3. The highest BCUT2D eigenvalue weighted by Crippen LogP contribution is 2.59. The molecule has 8 rings (SSSR count). The molecule has 4 aliphatic heterocycles. The minimum absolute atomic E-state index is 0.171. The Labute approximate surface area is 267 Å². The van der Waals surface area contributed by atoms with Crippen LogP contribution in [0.3, 0.4) is 0 Å². The summed E-state index contributed by atoms with van der Waals surface area (Å²) in [7, 11) is 0. The lowest BCUT2D eigenvalue weighted by molar-refractivity contribution is -0.153. The van der Waals surface area contributed by atoms with Crippen molar-refractivity contribution in [1.29, 1.82) is 0 Å². The molecule has 4 fully saturated rings. The Hall–Kier alpha value is -4.92. The van der Waals surface area contributed by atoms with Gasteiger partial charge in [0.1, 0.15) is 12.1 Å². The number of hydrazine groups is 1. The van der Waals surface area contributed by atoms with E-state index in [1.807, 2.05) is 133 Å². The Balaban J connectivity index is 1.27. The Morgan fingerprint density at radius 3 is 1.13 bits per heavy atom. The molecule has 0 radical (unpaired) electrons. The number of nitrogens with zero attached hydrogens (tertiary/aromatic N) is 4. The first-order valence-electron chi connectivity index (χ1n) is 15.8. The molecule has 4 saturated heterocycles. The highest BCUT2D eigenvalue weighted by Gasteiger charge is 2.73. The molecule has 0 N–H and O–H groups in total. The van der Waals surface area contributed by atoms with Crippen LogP contribution in [0, 0.1) is 25.7 Å². The van der Waals surface area contributed by atoms with E-state index in [9.17, 15) is 19.2 Å². The highest BCUT2D eigenvalue weighted by molar-refractivity contribution is 6.10. The van der Waals surface area contributed by atoms with Crippen LogP contribution >= 0.6 is 0 Å². The van der Waals surface area contributed by atoms with E-state index in [-0.39, 0.29) is 36.7 Å². The molecule has 6 unspecified atom stereocenters. The first-order valence-corrected chi connectivity index (χ1v) is 15.8. The summed E-state index contributed by atoms with van der Waals surface area (Å²) in [5.74, 6) is -2.57. The Kier molecular flexibility index (Phi) is 6.74. The fourth-order valence-corrected chi connectivity index (χ4v) is 7.99. The van der Waals surface area contributed by atoms with Crippen LogP contribution in [0.25, 0.3) is 0 Å². The van der Waals surface area contributed by atoms with Crippen molar-refractivity contribution in [3.8, 4) is 0 Å². The zero-order valence-corrected chi connectivity index (χ0v) is 25.7. The summed E-state index contributed by atoms with van der Waals surface area (Å²) in [6.07, 6.45) is 0. The van der Waals surface area contributed by atoms with Crippen molar-refractivity contribution < 1.29 is 19.2 Å². The molecule has 4 heterocycles. The molecular weight excluding hydrogens is 576 g/mol. The fraction of sp³-hybridized carbons (Fsp3) is 0.263. The van der Waals surface area contributed by atoms with Gasteiger partial charge in [0.2, 0.25) is 23.6 Å². The van der Waals surface area contributed by atoms with Crippen LogP contribution in [0.2, 0.25) is 0 Å². The van der Waals surface area contributed by atoms with Crippen molar-refractivity contribution in [2.45, 2.75) is 51.1 Å². The second-order valence-corrected chi connectivity index (χ2v) is 12.9. The predicted molar refractivity (Wildman–Crippen MR) is 170 cm³/mol. The van der Waals surface area contributed by atoms with E-state index < -0.39 is 36.0 Å². The van der Waals surface area contributed by atoms with Gasteiger partial charge in [0.05, 0.1) is 37.0 Å². The molecule has 4 aromatic carbocycles. The molecule has 0 aliphatic carbocycles. The van der Waals surface area contributed by atoms with Crippen molar-refractivity contribution in [1.82, 2.24) is 19.8 Å². The van der Waals surface area contributed by atoms with Crippen LogP contribution < -0.4 is 0 Å². The fourth-order valence-electron chi connectivity index (χ4n) is 7.99. The highest BCUT2D eigenvalue weighted by atomic mass is 16.2. The molecule has 4 aromatic rings. The Morgan fingerprint density at radius 2 is 0.783 bits per heavy atom. The predicted octanol–water partition coefficient (Wildman–Crippen LogP) is 4.74. The maximum atomic E-state index is 14.5. The number of amides is 4. The molecule has 8 nitrogen and oxygen atoms in total. The molecular formula is C38H34N4O4. The second-order valence-electron chi connectivity index (χ2n) is 12.9. The lowest BCUT2D eigenvalue weighted by Crippen LogP contribution is -2.49. The topological polar surface area (TPSA) is 81.2 Å². The van der Waals surface area contributed by atoms with Crippen LogP contribution in [-0.4, -0.2) is 55.5 Å². The summed E-state index contributed by atoms with van der Waals surface area (Å²) in [6.45, 7) is 4.34. The second kappa shape index (κ2) is 10.9. The quantitative estimate of drug-likeness (QED) is 0.294. The van der Waals surface area contributed by atoms with E-state index in [1.54, 1.807) is 0 Å². The van der Waals surface area contributed by atoms with Gasteiger partial charge in [-0.1, -0.05) is 120 Å². The summed E-state index contributed by atoms with van der Waals surface area (Å²) in [6, 6.07) is 32.0. The van der Waals surface area contributed by atoms with Gasteiger partial charge in [-0.15, -0.1) is 0 Å². The number of benzene rings is 4. The number of aryl methyl sites for hydroxylation is 2. The van der Waals surface area contributed by atoms with Crippen LogP contribution in [0.4, 0.5) is 0 Å². The number of carbonyl (C=O) groups is 4. The average Bonchev–Trinajstić information content (AvgIpc) is 3.73. The zero-order chi connectivity index (χ0) is 31.7. The summed E-state index contributed by atoms with van der Waals surface area (Å²) < 4.78 is 0. The maximum absolute atomic E-state index is 14.5. The van der Waals surface area contributed by atoms with Crippen LogP contribution in [-0.2, 0) is 32.3 Å². The van der Waals surface area contributed by atoms with E-state index in [0.717, 1.165) is 33.4 Å². The molecule has 4 amide bonds. The van der Waals surface area contributed by atoms with Gasteiger partial charge in [-0.3, -0.25) is 29.0 Å². The smallest absolute Gasteiger partial charge is 0.249 e. The minimum atomic E-state index is -0.845. The number of rotatable bonds is 6. The van der Waals surface area contributed by atoms with E-state index >= 15 is 0 Å². The third-order valence-electron chi connectivity index (χ3n) is 10.1. The number of likely N-dealkylation sites (tertiary alicyclic amines) is 2. The minimum Gasteiger partial charge on any atom is -0.276 e. The van der Waals surface area contributed by atoms with Crippen LogP contribution in [0.5, 0.6) is 0 Å². The number of imide groups is 2. The summed E-state index contributed by atoms with van der Waals surface area (Å²) in [5, 5.41) is 3.88. The lowest BCUT2D eigenvalue weighted by atomic mass is 9.84. The van der Waals surface area contributed by atoms with Crippen molar-refractivity contribution in [2.75, 3.05) is 0 Å². The van der Waals surface area contributed by atoms with Gasteiger partial charge in [0, 0.05) is 0 Å². The molecule has 0 spiro atoms. The Bertz CT molecular complexity index is 1710. The molecule has 8 heteroatoms.